The molecule has 0 aliphatic rings. The molecule has 0 radical (unpaired) electrons. The normalized spacial score (nSPS) is 11.8. The Balaban J connectivity index is 5.40. The van der Waals surface area contributed by atoms with Gasteiger partial charge in [0.25, 0.3) is 0 Å². The summed E-state index contributed by atoms with van der Waals surface area (Å²) in [5.41, 5.74) is 0. The van der Waals surface area contributed by atoms with Gasteiger partial charge in [-0.3, -0.25) is 14.4 Å². The van der Waals surface area contributed by atoms with E-state index in [1.165, 1.54) is 0 Å². The van der Waals surface area contributed by atoms with Gasteiger partial charge in [0.05, 0.1) is 20.3 Å². The van der Waals surface area contributed by atoms with Crippen LogP contribution in [0.5, 0.6) is 0 Å². The van der Waals surface area contributed by atoms with Gasteiger partial charge in [-0.2, -0.15) is 0 Å². The summed E-state index contributed by atoms with van der Waals surface area (Å²) in [5, 5.41) is 2.20. The molecule has 0 bridgehead atoms. The topological polar surface area (TPSA) is 108 Å². The number of carbonyl (C=O) groups excluding carboxylic acids is 4. The third-order valence-electron chi connectivity index (χ3n) is 2.21. The van der Waals surface area contributed by atoms with E-state index < -0.39 is 41.9 Å². The molecule has 0 fully saturated rings. The van der Waals surface area contributed by atoms with Crippen LogP contribution in [0.25, 0.3) is 0 Å². The average molecular weight is 289 g/mol. The van der Waals surface area contributed by atoms with Gasteiger partial charge in [0.2, 0.25) is 5.91 Å². The first-order valence-electron chi connectivity index (χ1n) is 5.87. The molecule has 0 aromatic carbocycles. The van der Waals surface area contributed by atoms with Gasteiger partial charge in [-0.1, -0.05) is 0 Å². The molecule has 0 aromatic rings. The molecule has 1 unspecified atom stereocenters. The number of hydrogen-bond donors (Lipinski definition) is 1. The monoisotopic (exact) mass is 289 g/mol. The van der Waals surface area contributed by atoms with Crippen molar-refractivity contribution < 1.29 is 33.4 Å². The first-order valence-corrected chi connectivity index (χ1v) is 5.87. The number of methoxy groups -OCH3 is 2. The van der Waals surface area contributed by atoms with E-state index in [4.69, 9.17) is 4.74 Å². The largest absolute Gasteiger partial charge is 0.468 e. The zero-order valence-electron chi connectivity index (χ0n) is 12.1. The van der Waals surface area contributed by atoms with Gasteiger partial charge in [0.1, 0.15) is 0 Å². The highest BCUT2D eigenvalue weighted by atomic mass is 16.6. The Morgan fingerprint density at radius 1 is 0.900 bits per heavy atom. The summed E-state index contributed by atoms with van der Waals surface area (Å²) < 4.78 is 13.8. The lowest BCUT2D eigenvalue weighted by Crippen LogP contribution is -2.52. The van der Waals surface area contributed by atoms with Gasteiger partial charge in [-0.15, -0.1) is 0 Å². The minimum absolute atomic E-state index is 0.477. The van der Waals surface area contributed by atoms with Crippen LogP contribution >= 0.6 is 0 Å². The second-order valence-corrected chi connectivity index (χ2v) is 4.19. The molecule has 8 heteroatoms. The Kier molecular flexibility index (Phi) is 7.27. The molecule has 1 amide bonds. The summed E-state index contributed by atoms with van der Waals surface area (Å²) in [5.74, 6) is -5.16. The molecule has 0 rings (SSSR count). The Bertz CT molecular complexity index is 375. The molecule has 0 aliphatic carbocycles. The van der Waals surface area contributed by atoms with Gasteiger partial charge < -0.3 is 19.5 Å². The summed E-state index contributed by atoms with van der Waals surface area (Å²) in [6, 6.07) is -1.50. The summed E-state index contributed by atoms with van der Waals surface area (Å²) >= 11 is 0. The van der Waals surface area contributed by atoms with Gasteiger partial charge in [-0.25, -0.2) is 4.79 Å². The van der Waals surface area contributed by atoms with E-state index in [1.54, 1.807) is 13.8 Å². The first kappa shape index (κ1) is 17.9. The molecule has 0 aromatic heterocycles. The smallest absolute Gasteiger partial charge is 0.330 e. The highest BCUT2D eigenvalue weighted by molar-refractivity contribution is 6.01. The summed E-state index contributed by atoms with van der Waals surface area (Å²) in [6.45, 7) is 4.32. The molecule has 1 N–H and O–H groups in total. The second-order valence-electron chi connectivity index (χ2n) is 4.19. The van der Waals surface area contributed by atoms with Crippen LogP contribution in [-0.4, -0.2) is 50.2 Å². The molecule has 20 heavy (non-hydrogen) atoms. The Labute approximate surface area is 116 Å². The van der Waals surface area contributed by atoms with Crippen molar-refractivity contribution >= 4 is 23.8 Å². The van der Waals surface area contributed by atoms with Crippen LogP contribution in [-0.2, 0) is 33.4 Å². The third-order valence-corrected chi connectivity index (χ3v) is 2.21. The van der Waals surface area contributed by atoms with Crippen LogP contribution in [0.3, 0.4) is 0 Å². The fourth-order valence-electron chi connectivity index (χ4n) is 1.43. The molecule has 8 nitrogen and oxygen atoms in total. The van der Waals surface area contributed by atoms with Gasteiger partial charge in [0.15, 0.2) is 12.0 Å². The number of hydrogen-bond acceptors (Lipinski definition) is 7. The Hall–Kier alpha value is -2.12. The van der Waals surface area contributed by atoms with Crippen molar-refractivity contribution in [3.8, 4) is 0 Å². The molecule has 0 spiro atoms. The predicted octanol–water partition coefficient (Wildman–Crippen LogP) is -0.595. The third kappa shape index (κ3) is 5.25. The average Bonchev–Trinajstić information content (AvgIpc) is 2.35. The lowest BCUT2D eigenvalue weighted by atomic mass is 9.99. The lowest BCUT2D eigenvalue weighted by molar-refractivity contribution is -0.168. The first-order chi connectivity index (χ1) is 9.24. The van der Waals surface area contributed by atoms with Crippen LogP contribution in [0.1, 0.15) is 20.8 Å². The van der Waals surface area contributed by atoms with E-state index in [9.17, 15) is 19.2 Å². The van der Waals surface area contributed by atoms with Crippen LogP contribution < -0.4 is 5.32 Å². The van der Waals surface area contributed by atoms with Gasteiger partial charge in [0, 0.05) is 6.92 Å². The van der Waals surface area contributed by atoms with Crippen LogP contribution in [0.4, 0.5) is 0 Å². The van der Waals surface area contributed by atoms with Crippen molar-refractivity contribution in [3.05, 3.63) is 0 Å². The Morgan fingerprint density at radius 3 is 1.65 bits per heavy atom. The van der Waals surface area contributed by atoms with Crippen LogP contribution in [0, 0.1) is 5.92 Å². The number of amides is 1. The van der Waals surface area contributed by atoms with E-state index in [0.717, 1.165) is 21.1 Å². The molecular weight excluding hydrogens is 270 g/mol. The molecule has 0 saturated carbocycles. The summed E-state index contributed by atoms with van der Waals surface area (Å²) in [7, 11) is 2.10. The van der Waals surface area contributed by atoms with Crippen molar-refractivity contribution in [2.45, 2.75) is 32.9 Å². The zero-order valence-corrected chi connectivity index (χ0v) is 12.1. The quantitative estimate of drug-likeness (QED) is 0.395. The van der Waals surface area contributed by atoms with Crippen molar-refractivity contribution in [1.29, 1.82) is 0 Å². The fraction of sp³-hybridized carbons (Fsp3) is 0.667. The predicted molar refractivity (Wildman–Crippen MR) is 66.4 cm³/mol. The van der Waals surface area contributed by atoms with E-state index in [-0.39, 0.29) is 0 Å². The number of ether oxygens (including phenoxy) is 3. The van der Waals surface area contributed by atoms with E-state index in [2.05, 4.69) is 14.8 Å². The molecule has 1 atom stereocenters. The molecule has 0 heterocycles. The van der Waals surface area contributed by atoms with Crippen LogP contribution in [0.15, 0.2) is 0 Å². The number of nitrogens with one attached hydrogen (secondary N) is 1. The van der Waals surface area contributed by atoms with Crippen molar-refractivity contribution in [1.82, 2.24) is 5.32 Å². The van der Waals surface area contributed by atoms with Crippen molar-refractivity contribution in [3.63, 3.8) is 0 Å². The van der Waals surface area contributed by atoms with Crippen LogP contribution in [0.2, 0.25) is 0 Å². The highest BCUT2D eigenvalue weighted by Gasteiger charge is 2.43. The van der Waals surface area contributed by atoms with Gasteiger partial charge >= 0.3 is 17.9 Å². The second kappa shape index (κ2) is 8.13. The maximum Gasteiger partial charge on any atom is 0.330 e. The standard InChI is InChI=1S/C12H19NO7/c1-6(2)20-12(17)9(13-7(3)14)8(10(15)18-4)11(16)19-5/h6,8-9H,1-5H3,(H,13,14). The van der Waals surface area contributed by atoms with Crippen molar-refractivity contribution in [2.24, 2.45) is 5.92 Å². The molecule has 114 valence electrons. The zero-order chi connectivity index (χ0) is 15.9. The molecule has 0 aliphatic heterocycles. The maximum absolute atomic E-state index is 11.9. The number of rotatable bonds is 6. The summed E-state index contributed by atoms with van der Waals surface area (Å²) in [6.07, 6.45) is -0.477. The SMILES string of the molecule is COC(=O)C(C(=O)OC)C(NC(C)=O)C(=O)OC(C)C. The minimum Gasteiger partial charge on any atom is -0.468 e. The maximum atomic E-state index is 11.9. The van der Waals surface area contributed by atoms with Crippen molar-refractivity contribution in [2.75, 3.05) is 14.2 Å². The highest BCUT2D eigenvalue weighted by Crippen LogP contribution is 2.12. The van der Waals surface area contributed by atoms with E-state index in [0.29, 0.717) is 0 Å². The Morgan fingerprint density at radius 2 is 1.35 bits per heavy atom. The molecular formula is C12H19NO7. The lowest BCUT2D eigenvalue weighted by Gasteiger charge is -2.23. The number of esters is 3. The fourth-order valence-corrected chi connectivity index (χ4v) is 1.43. The number of carbonyl (C=O) groups is 4. The minimum atomic E-state index is -1.62. The van der Waals surface area contributed by atoms with Gasteiger partial charge in [-0.05, 0) is 13.8 Å². The van der Waals surface area contributed by atoms with E-state index >= 15 is 0 Å². The molecule has 0 saturated heterocycles. The summed E-state index contributed by atoms with van der Waals surface area (Å²) in [4.78, 5) is 46.4. The van der Waals surface area contributed by atoms with E-state index in [1.807, 2.05) is 0 Å².